The third kappa shape index (κ3) is 10.2. The molecule has 2 saturated carbocycles. The molecule has 0 aromatic heterocycles. The first-order chi connectivity index (χ1) is 29.9. The van der Waals surface area contributed by atoms with Crippen molar-refractivity contribution in [3.05, 3.63) is 119 Å². The molecule has 2 aliphatic heterocycles. The van der Waals surface area contributed by atoms with Gasteiger partial charge in [-0.15, -0.1) is 0 Å². The van der Waals surface area contributed by atoms with Crippen molar-refractivity contribution in [3.63, 3.8) is 0 Å². The van der Waals surface area contributed by atoms with Crippen molar-refractivity contribution >= 4 is 58.2 Å². The number of piperidine rings is 2. The summed E-state index contributed by atoms with van der Waals surface area (Å²) in [7, 11) is 0. The fraction of sp³-hybridized carbons (Fsp3) is 0.423. The maximum Gasteiger partial charge on any atom is 0.246 e. The van der Waals surface area contributed by atoms with E-state index >= 15 is 0 Å². The molecule has 0 bridgehead atoms. The summed E-state index contributed by atoms with van der Waals surface area (Å²) in [6.45, 7) is 7.78. The average Bonchev–Trinajstić information content (AvgIpc) is 3.24. The number of hydrogen-bond donors (Lipinski definition) is 2. The van der Waals surface area contributed by atoms with Crippen molar-refractivity contribution in [1.82, 2.24) is 0 Å². The fourth-order valence-corrected chi connectivity index (χ4v) is 10.3. The van der Waals surface area contributed by atoms with Crippen LogP contribution in [-0.2, 0) is 28.8 Å². The molecule has 4 fully saturated rings. The van der Waals surface area contributed by atoms with E-state index in [1.807, 2.05) is 113 Å². The molecule has 8 rings (SSSR count). The monoisotopic (exact) mass is 836 g/mol. The van der Waals surface area contributed by atoms with Crippen LogP contribution in [0.25, 0.3) is 0 Å². The Morgan fingerprint density at radius 2 is 0.806 bits per heavy atom. The van der Waals surface area contributed by atoms with E-state index in [0.29, 0.717) is 22.7 Å². The quantitative estimate of drug-likeness (QED) is 0.134. The molecule has 2 saturated heterocycles. The number of nitrogens with zero attached hydrogens (tertiary/aromatic N) is 2. The predicted octanol–water partition coefficient (Wildman–Crippen LogP) is 10.0. The van der Waals surface area contributed by atoms with E-state index in [-0.39, 0.29) is 60.1 Å². The minimum Gasteiger partial charge on any atom is -0.325 e. The lowest BCUT2D eigenvalue weighted by molar-refractivity contribution is -0.143. The summed E-state index contributed by atoms with van der Waals surface area (Å²) in [6, 6.07) is 29.8. The van der Waals surface area contributed by atoms with Crippen LogP contribution in [0.5, 0.6) is 0 Å². The van der Waals surface area contributed by atoms with Crippen LogP contribution in [0.2, 0.25) is 0 Å². The summed E-state index contributed by atoms with van der Waals surface area (Å²) in [6.07, 6.45) is 11.1. The molecule has 324 valence electrons. The largest absolute Gasteiger partial charge is 0.325 e. The molecule has 4 aliphatic rings. The van der Waals surface area contributed by atoms with Gasteiger partial charge < -0.3 is 10.6 Å². The molecule has 0 spiro atoms. The number of anilines is 4. The molecule has 4 atom stereocenters. The highest BCUT2D eigenvalue weighted by Gasteiger charge is 2.50. The molecular formula is C52H60N4O6. The van der Waals surface area contributed by atoms with Gasteiger partial charge in [-0.1, -0.05) is 113 Å². The number of nitrogens with one attached hydrogen (secondary N) is 2. The summed E-state index contributed by atoms with van der Waals surface area (Å²) in [5.74, 6) is -3.57. The second-order valence-electron chi connectivity index (χ2n) is 18.0. The summed E-state index contributed by atoms with van der Waals surface area (Å²) >= 11 is 0. The predicted molar refractivity (Wildman–Crippen MR) is 243 cm³/mol. The molecule has 2 heterocycles. The van der Waals surface area contributed by atoms with Crippen LogP contribution in [-0.4, -0.2) is 35.4 Å². The first-order valence-corrected chi connectivity index (χ1v) is 22.5. The van der Waals surface area contributed by atoms with Crippen molar-refractivity contribution in [3.8, 4) is 0 Å². The van der Waals surface area contributed by atoms with Gasteiger partial charge in [0.05, 0.1) is 11.4 Å². The highest BCUT2D eigenvalue weighted by molar-refractivity contribution is 6.25. The minimum atomic E-state index is -0.859. The normalized spacial score (nSPS) is 22.5. The summed E-state index contributed by atoms with van der Waals surface area (Å²) in [5.41, 5.74) is 6.46. The molecule has 0 unspecified atom stereocenters. The average molecular weight is 837 g/mol. The van der Waals surface area contributed by atoms with Crippen LogP contribution in [0.1, 0.15) is 99.3 Å². The number of imide groups is 2. The van der Waals surface area contributed by atoms with Crippen LogP contribution in [0.15, 0.2) is 97.1 Å². The van der Waals surface area contributed by atoms with Crippen molar-refractivity contribution in [2.75, 3.05) is 20.4 Å². The zero-order valence-corrected chi connectivity index (χ0v) is 36.5. The maximum atomic E-state index is 13.6. The van der Waals surface area contributed by atoms with Crippen molar-refractivity contribution in [1.29, 1.82) is 0 Å². The lowest BCUT2D eigenvalue weighted by Crippen LogP contribution is -2.55. The Morgan fingerprint density at radius 1 is 0.468 bits per heavy atom. The Morgan fingerprint density at radius 3 is 1.15 bits per heavy atom. The molecule has 2 N–H and O–H groups in total. The van der Waals surface area contributed by atoms with E-state index < -0.39 is 23.7 Å². The second kappa shape index (κ2) is 19.9. The van der Waals surface area contributed by atoms with Gasteiger partial charge in [-0.25, -0.2) is 9.80 Å². The number of rotatable bonds is 8. The van der Waals surface area contributed by atoms with Gasteiger partial charge in [-0.3, -0.25) is 28.8 Å². The highest BCUT2D eigenvalue weighted by Crippen LogP contribution is 2.43. The molecule has 10 heteroatoms. The van der Waals surface area contributed by atoms with Crippen molar-refractivity contribution < 1.29 is 28.8 Å². The third-order valence-corrected chi connectivity index (χ3v) is 13.3. The van der Waals surface area contributed by atoms with Crippen molar-refractivity contribution in [2.45, 2.75) is 105 Å². The Balaban J connectivity index is 0.000000186. The van der Waals surface area contributed by atoms with E-state index in [1.165, 1.54) is 22.6 Å². The standard InChI is InChI=1S/2C26H30N2O3/c2*1-17-8-6-12-20(14-17)27-25(30)24-22(19-10-4-3-5-11-19)16-23(29)28(26(24)31)21-13-7-9-18(2)15-21/h2*6-9,12-15,19,22,24H,3-5,10-11,16H2,1-2H3,(H,27,30)/t2*22-,24+/m00/s1. The molecule has 4 aromatic rings. The Bertz CT molecular complexity index is 2150. The van der Waals surface area contributed by atoms with Gasteiger partial charge in [0.2, 0.25) is 35.4 Å². The molecule has 4 aromatic carbocycles. The number of benzene rings is 4. The smallest absolute Gasteiger partial charge is 0.246 e. The molecule has 2 aliphatic carbocycles. The lowest BCUT2D eigenvalue weighted by atomic mass is 9.70. The van der Waals surface area contributed by atoms with Gasteiger partial charge in [0.15, 0.2) is 0 Å². The molecule has 62 heavy (non-hydrogen) atoms. The van der Waals surface area contributed by atoms with Gasteiger partial charge in [0.1, 0.15) is 11.8 Å². The van der Waals surface area contributed by atoms with Gasteiger partial charge >= 0.3 is 0 Å². The van der Waals surface area contributed by atoms with E-state index in [9.17, 15) is 28.8 Å². The number of aryl methyl sites for hydroxylation is 4. The topological polar surface area (TPSA) is 133 Å². The highest BCUT2D eigenvalue weighted by atomic mass is 16.2. The van der Waals surface area contributed by atoms with Crippen LogP contribution in [0.4, 0.5) is 22.7 Å². The SMILES string of the molecule is Cc1cccc(NC(=O)[C@@H]2C(=O)N(c3cccc(C)c3)C(=O)C[C@H]2C2CCCCC2)c1.Cc1cccc(NC(=O)[C@@H]2C(=O)N(c3cccc(C)c3)C(=O)C[C@H]2C2CCCCC2)c1. The molecule has 0 radical (unpaired) electrons. The van der Waals surface area contributed by atoms with Crippen LogP contribution >= 0.6 is 0 Å². The van der Waals surface area contributed by atoms with E-state index in [4.69, 9.17) is 0 Å². The molecule has 10 nitrogen and oxygen atoms in total. The fourth-order valence-electron chi connectivity index (χ4n) is 10.3. The minimum absolute atomic E-state index is 0.203. The van der Waals surface area contributed by atoms with Gasteiger partial charge in [0, 0.05) is 24.2 Å². The summed E-state index contributed by atoms with van der Waals surface area (Å²) < 4.78 is 0. The Labute approximate surface area is 365 Å². The van der Waals surface area contributed by atoms with Crippen LogP contribution < -0.4 is 20.4 Å². The number of amides is 6. The molecule has 6 amide bonds. The van der Waals surface area contributed by atoms with E-state index in [1.54, 1.807) is 12.1 Å². The first kappa shape index (κ1) is 44.2. The lowest BCUT2D eigenvalue weighted by Gasteiger charge is -2.40. The number of carbonyl (C=O) groups excluding carboxylic acids is 6. The number of carbonyl (C=O) groups is 6. The third-order valence-electron chi connectivity index (χ3n) is 13.3. The summed E-state index contributed by atoms with van der Waals surface area (Å²) in [5, 5.41) is 5.90. The van der Waals surface area contributed by atoms with Crippen LogP contribution in [0.3, 0.4) is 0 Å². The van der Waals surface area contributed by atoms with Gasteiger partial charge in [0.25, 0.3) is 0 Å². The summed E-state index contributed by atoms with van der Waals surface area (Å²) in [4.78, 5) is 82.8. The Kier molecular flexibility index (Phi) is 14.2. The Hall–Kier alpha value is -5.90. The van der Waals surface area contributed by atoms with E-state index in [0.717, 1.165) is 73.6 Å². The second-order valence-corrected chi connectivity index (χ2v) is 18.0. The van der Waals surface area contributed by atoms with Gasteiger partial charge in [-0.2, -0.15) is 0 Å². The number of hydrogen-bond acceptors (Lipinski definition) is 6. The maximum absolute atomic E-state index is 13.6. The first-order valence-electron chi connectivity index (χ1n) is 22.5. The van der Waals surface area contributed by atoms with Crippen molar-refractivity contribution in [2.24, 2.45) is 35.5 Å². The van der Waals surface area contributed by atoms with Gasteiger partial charge in [-0.05, 0) is 122 Å². The van der Waals surface area contributed by atoms with Crippen LogP contribution in [0, 0.1) is 63.2 Å². The molecular weight excluding hydrogens is 777 g/mol. The zero-order chi connectivity index (χ0) is 43.9. The zero-order valence-electron chi connectivity index (χ0n) is 36.5. The van der Waals surface area contributed by atoms with E-state index in [2.05, 4.69) is 10.6 Å².